The summed E-state index contributed by atoms with van der Waals surface area (Å²) in [6.45, 7) is 4.40. The molecule has 0 unspecified atom stereocenters. The number of pyridine rings is 1. The van der Waals surface area contributed by atoms with Crippen LogP contribution in [0.1, 0.15) is 18.4 Å². The zero-order valence-corrected chi connectivity index (χ0v) is 16.6. The van der Waals surface area contributed by atoms with Gasteiger partial charge in [0, 0.05) is 17.5 Å². The fourth-order valence-corrected chi connectivity index (χ4v) is 3.53. The number of oxazole rings is 2. The van der Waals surface area contributed by atoms with Crippen molar-refractivity contribution in [2.24, 2.45) is 0 Å². The van der Waals surface area contributed by atoms with Gasteiger partial charge in [0.2, 0.25) is 5.89 Å². The smallest absolute Gasteiger partial charge is 0.258 e. The second kappa shape index (κ2) is 7.93. The largest absolute Gasteiger partial charge is 0.493 e. The Morgan fingerprint density at radius 2 is 2.00 bits per heavy atom. The molecule has 28 heavy (non-hydrogen) atoms. The molecule has 1 aromatic carbocycles. The number of hydrogen-bond donors (Lipinski definition) is 0. The third kappa shape index (κ3) is 3.68. The Labute approximate surface area is 166 Å². The minimum atomic E-state index is 0.536. The molecule has 0 N–H and O–H groups in total. The third-order valence-corrected chi connectivity index (χ3v) is 4.92. The van der Waals surface area contributed by atoms with Crippen molar-refractivity contribution >= 4 is 23.0 Å². The molecule has 0 amide bonds. The van der Waals surface area contributed by atoms with Crippen LogP contribution in [0.4, 0.5) is 0 Å². The number of benzene rings is 1. The molecule has 0 spiro atoms. The summed E-state index contributed by atoms with van der Waals surface area (Å²) in [5, 5.41) is 0.556. The van der Waals surface area contributed by atoms with Gasteiger partial charge in [0.05, 0.1) is 19.4 Å². The minimum absolute atomic E-state index is 0.536. The molecule has 8 heteroatoms. The van der Waals surface area contributed by atoms with Gasteiger partial charge < -0.3 is 18.3 Å². The van der Waals surface area contributed by atoms with Crippen LogP contribution < -0.4 is 9.47 Å². The highest BCUT2D eigenvalue weighted by Crippen LogP contribution is 2.34. The van der Waals surface area contributed by atoms with E-state index in [1.807, 2.05) is 44.2 Å². The van der Waals surface area contributed by atoms with Crippen molar-refractivity contribution in [3.05, 3.63) is 48.0 Å². The van der Waals surface area contributed by atoms with Crippen LogP contribution in [-0.4, -0.2) is 28.7 Å². The Morgan fingerprint density at radius 1 is 1.11 bits per heavy atom. The first-order chi connectivity index (χ1) is 13.7. The molecule has 0 saturated carbocycles. The molecular weight excluding hydrogens is 378 g/mol. The van der Waals surface area contributed by atoms with Crippen LogP contribution in [0.5, 0.6) is 11.5 Å². The van der Waals surface area contributed by atoms with Gasteiger partial charge in [-0.3, -0.25) is 0 Å². The number of aromatic nitrogens is 3. The highest BCUT2D eigenvalue weighted by Gasteiger charge is 2.16. The zero-order chi connectivity index (χ0) is 19.5. The van der Waals surface area contributed by atoms with Gasteiger partial charge >= 0.3 is 0 Å². The molecule has 7 nitrogen and oxygen atoms in total. The number of methoxy groups -OCH3 is 1. The van der Waals surface area contributed by atoms with E-state index in [0.29, 0.717) is 46.2 Å². The van der Waals surface area contributed by atoms with Gasteiger partial charge in [-0.25, -0.2) is 9.97 Å². The van der Waals surface area contributed by atoms with Crippen LogP contribution in [0.15, 0.2) is 50.6 Å². The Morgan fingerprint density at radius 3 is 2.79 bits per heavy atom. The molecular formula is C20H19N3O4S. The highest BCUT2D eigenvalue weighted by molar-refractivity contribution is 7.98. The third-order valence-electron chi connectivity index (χ3n) is 4.08. The monoisotopic (exact) mass is 397 g/mol. The zero-order valence-electron chi connectivity index (χ0n) is 15.8. The van der Waals surface area contributed by atoms with Gasteiger partial charge in [-0.05, 0) is 44.2 Å². The first-order valence-electron chi connectivity index (χ1n) is 8.79. The van der Waals surface area contributed by atoms with Crippen molar-refractivity contribution in [2.45, 2.75) is 24.8 Å². The molecule has 0 aliphatic rings. The molecule has 4 rings (SSSR count). The van der Waals surface area contributed by atoms with Crippen molar-refractivity contribution in [1.82, 2.24) is 15.0 Å². The molecule has 0 fully saturated rings. The maximum absolute atomic E-state index is 5.86. The Balaban J connectivity index is 1.53. The summed E-state index contributed by atoms with van der Waals surface area (Å²) < 4.78 is 22.5. The summed E-state index contributed by atoms with van der Waals surface area (Å²) in [7, 11) is 1.61. The molecule has 144 valence electrons. The average Bonchev–Trinajstić information content (AvgIpc) is 3.29. The summed E-state index contributed by atoms with van der Waals surface area (Å²) in [5.74, 6) is 3.21. The van der Waals surface area contributed by atoms with Crippen LogP contribution in [0.25, 0.3) is 22.7 Å². The summed E-state index contributed by atoms with van der Waals surface area (Å²) in [6, 6.07) is 9.29. The molecule has 0 aliphatic carbocycles. The average molecular weight is 397 g/mol. The van der Waals surface area contributed by atoms with Gasteiger partial charge in [-0.1, -0.05) is 11.8 Å². The molecule has 0 radical (unpaired) electrons. The van der Waals surface area contributed by atoms with E-state index < -0.39 is 0 Å². The molecule has 0 bridgehead atoms. The number of thioether (sulfide) groups is 1. The van der Waals surface area contributed by atoms with Crippen LogP contribution >= 0.6 is 11.8 Å². The molecule has 4 aromatic rings. The van der Waals surface area contributed by atoms with Crippen molar-refractivity contribution < 1.29 is 18.3 Å². The number of fused-ring (bicyclic) bond motifs is 1. The number of ether oxygens (including phenoxy) is 2. The maximum atomic E-state index is 5.86. The SMILES string of the molecule is CCOc1ccc(-c2nc(CSc3nc4ncccc4o3)c(C)o2)cc1OC. The molecule has 3 heterocycles. The summed E-state index contributed by atoms with van der Waals surface area (Å²) >= 11 is 1.45. The second-order valence-electron chi connectivity index (χ2n) is 5.91. The number of aryl methyl sites for hydroxylation is 1. The first kappa shape index (κ1) is 18.4. The van der Waals surface area contributed by atoms with Gasteiger partial charge in [-0.15, -0.1) is 0 Å². The second-order valence-corrected chi connectivity index (χ2v) is 6.84. The highest BCUT2D eigenvalue weighted by atomic mass is 32.2. The van der Waals surface area contributed by atoms with E-state index in [1.54, 1.807) is 13.3 Å². The van der Waals surface area contributed by atoms with Crippen LogP contribution in [-0.2, 0) is 5.75 Å². The number of hydrogen-bond acceptors (Lipinski definition) is 8. The van der Waals surface area contributed by atoms with E-state index in [-0.39, 0.29) is 0 Å². The predicted molar refractivity (Wildman–Crippen MR) is 106 cm³/mol. The Kier molecular flexibility index (Phi) is 5.21. The summed E-state index contributed by atoms with van der Waals surface area (Å²) in [4.78, 5) is 13.2. The van der Waals surface area contributed by atoms with Crippen molar-refractivity contribution in [3.63, 3.8) is 0 Å². The standard InChI is InChI=1S/C20H19N3O4S/c1-4-25-15-8-7-13(10-17(15)24-3)19-22-14(12(2)26-19)11-28-20-23-18-16(27-20)6-5-9-21-18/h5-10H,4,11H2,1-3H3. The van der Waals surface area contributed by atoms with E-state index in [0.717, 1.165) is 17.0 Å². The van der Waals surface area contributed by atoms with Crippen LogP contribution in [0.2, 0.25) is 0 Å². The Bertz CT molecular complexity index is 1070. The van der Waals surface area contributed by atoms with Crippen molar-refractivity contribution in [1.29, 1.82) is 0 Å². The van der Waals surface area contributed by atoms with Gasteiger partial charge in [0.15, 0.2) is 22.7 Å². The lowest BCUT2D eigenvalue weighted by Crippen LogP contribution is -1.95. The van der Waals surface area contributed by atoms with E-state index in [9.17, 15) is 0 Å². The number of rotatable bonds is 7. The first-order valence-corrected chi connectivity index (χ1v) is 9.78. The van der Waals surface area contributed by atoms with Gasteiger partial charge in [-0.2, -0.15) is 4.98 Å². The van der Waals surface area contributed by atoms with Crippen LogP contribution in [0.3, 0.4) is 0 Å². The van der Waals surface area contributed by atoms with Gasteiger partial charge in [0.1, 0.15) is 5.76 Å². The van der Waals surface area contributed by atoms with E-state index in [4.69, 9.17) is 18.3 Å². The maximum Gasteiger partial charge on any atom is 0.258 e. The topological polar surface area (TPSA) is 83.4 Å². The quantitative estimate of drug-likeness (QED) is 0.408. The van der Waals surface area contributed by atoms with E-state index >= 15 is 0 Å². The van der Waals surface area contributed by atoms with Gasteiger partial charge in [0.25, 0.3) is 5.22 Å². The molecule has 0 atom stereocenters. The molecule has 3 aromatic heterocycles. The van der Waals surface area contributed by atoms with Crippen LogP contribution in [0, 0.1) is 6.92 Å². The van der Waals surface area contributed by atoms with Crippen molar-refractivity contribution in [2.75, 3.05) is 13.7 Å². The fourth-order valence-electron chi connectivity index (χ4n) is 2.70. The lowest BCUT2D eigenvalue weighted by Gasteiger charge is -2.09. The number of nitrogens with zero attached hydrogens (tertiary/aromatic N) is 3. The lowest BCUT2D eigenvalue weighted by molar-refractivity contribution is 0.311. The summed E-state index contributed by atoms with van der Waals surface area (Å²) in [5.41, 5.74) is 2.93. The fraction of sp³-hybridized carbons (Fsp3) is 0.250. The van der Waals surface area contributed by atoms with E-state index in [2.05, 4.69) is 15.0 Å². The van der Waals surface area contributed by atoms with Crippen molar-refractivity contribution in [3.8, 4) is 23.0 Å². The lowest BCUT2D eigenvalue weighted by atomic mass is 10.2. The normalized spacial score (nSPS) is 11.1. The Hall–Kier alpha value is -3.00. The summed E-state index contributed by atoms with van der Waals surface area (Å²) in [6.07, 6.45) is 1.69. The van der Waals surface area contributed by atoms with E-state index in [1.165, 1.54) is 11.8 Å². The molecule has 0 aliphatic heterocycles. The minimum Gasteiger partial charge on any atom is -0.493 e. The molecule has 0 saturated heterocycles. The predicted octanol–water partition coefficient (Wildman–Crippen LogP) is 4.89.